The van der Waals surface area contributed by atoms with E-state index in [1.165, 1.54) is 0 Å². The summed E-state index contributed by atoms with van der Waals surface area (Å²) in [5.41, 5.74) is 3.33. The fraction of sp³-hybridized carbons (Fsp3) is 1.00. The average Bonchev–Trinajstić information content (AvgIpc) is 1.73. The summed E-state index contributed by atoms with van der Waals surface area (Å²) < 4.78 is 11.5. The molecule has 0 bridgehead atoms. The molecule has 0 aromatic heterocycles. The molecule has 0 heterocycles. The molecule has 0 amide bonds. The van der Waals surface area contributed by atoms with Crippen molar-refractivity contribution in [1.29, 1.82) is 0 Å². The number of alkyl halides is 1. The first-order valence-corrected chi connectivity index (χ1v) is 1.78. The van der Waals surface area contributed by atoms with Crippen LogP contribution in [0.15, 0.2) is 0 Å². The molecular formula is C3H6FNO. The monoisotopic (exact) mass is 91.0 g/mol. The van der Waals surface area contributed by atoms with E-state index >= 15 is 0 Å². The molecular weight excluding hydrogens is 85.0 g/mol. The minimum Gasteiger partial charge on any atom is -0.373 e. The van der Waals surface area contributed by atoms with Crippen molar-refractivity contribution in [3.63, 3.8) is 0 Å². The molecule has 3 heteroatoms. The number of nitrogens with two attached hydrogens (primary N) is 1. The maximum atomic E-state index is 11.5. The zero-order valence-corrected chi connectivity index (χ0v) is 3.19. The van der Waals surface area contributed by atoms with Gasteiger partial charge in [-0.05, 0) is 0 Å². The van der Waals surface area contributed by atoms with Crippen LogP contribution in [0, 0.1) is 0 Å². The number of rotatable bonds is 0. The van der Waals surface area contributed by atoms with Gasteiger partial charge in [0.1, 0.15) is 11.9 Å². The average molecular weight is 91.1 g/mol. The van der Waals surface area contributed by atoms with Crippen molar-refractivity contribution >= 4 is 0 Å². The van der Waals surface area contributed by atoms with Crippen LogP contribution in [0.25, 0.3) is 0 Å². The van der Waals surface area contributed by atoms with Gasteiger partial charge in [0.25, 0.3) is 0 Å². The van der Waals surface area contributed by atoms with Crippen LogP contribution in [0.3, 0.4) is 0 Å². The van der Waals surface area contributed by atoms with Crippen LogP contribution >= 0.6 is 0 Å². The van der Waals surface area contributed by atoms with Crippen LogP contribution in [0.2, 0.25) is 0 Å². The molecule has 3 N–H and O–H groups in total. The second-order valence-corrected chi connectivity index (χ2v) is 1.66. The highest BCUT2D eigenvalue weighted by molar-refractivity contribution is 4.98. The Morgan fingerprint density at radius 3 is 2.17 bits per heavy atom. The first-order chi connectivity index (χ1) is 2.63. The molecule has 36 valence electrons. The van der Waals surface area contributed by atoms with Gasteiger partial charge in [0.15, 0.2) is 0 Å². The maximum Gasteiger partial charge on any atom is 0.148 e. The van der Waals surface area contributed by atoms with E-state index in [0.29, 0.717) is 0 Å². The van der Waals surface area contributed by atoms with Gasteiger partial charge in [0, 0.05) is 6.42 Å². The zero-order valence-electron chi connectivity index (χ0n) is 3.19. The molecule has 0 spiro atoms. The fourth-order valence-electron chi connectivity index (χ4n) is 0.228. The number of halogens is 1. The Labute approximate surface area is 34.8 Å². The summed E-state index contributed by atoms with van der Waals surface area (Å²) in [5.74, 6) is 0. The molecule has 1 rings (SSSR count). The van der Waals surface area contributed by atoms with Gasteiger partial charge in [-0.15, -0.1) is 0 Å². The van der Waals surface area contributed by atoms with Gasteiger partial charge in [-0.25, -0.2) is 4.39 Å². The second kappa shape index (κ2) is 0.741. The summed E-state index contributed by atoms with van der Waals surface area (Å²) in [6.07, 6.45) is -1.06. The van der Waals surface area contributed by atoms with Gasteiger partial charge in [-0.3, -0.25) is 0 Å². The fourth-order valence-corrected chi connectivity index (χ4v) is 0.228. The Morgan fingerprint density at radius 1 is 2.00 bits per heavy atom. The van der Waals surface area contributed by atoms with Crippen LogP contribution in [-0.4, -0.2) is 17.0 Å². The Morgan fingerprint density at radius 2 is 2.17 bits per heavy atom. The molecule has 2 unspecified atom stereocenters. The van der Waals surface area contributed by atoms with Crippen LogP contribution in [0.5, 0.6) is 0 Å². The third-order valence-electron chi connectivity index (χ3n) is 0.888. The van der Waals surface area contributed by atoms with Crippen molar-refractivity contribution < 1.29 is 9.50 Å². The molecule has 1 aliphatic carbocycles. The van der Waals surface area contributed by atoms with E-state index in [2.05, 4.69) is 0 Å². The van der Waals surface area contributed by atoms with Crippen molar-refractivity contribution in [3.8, 4) is 0 Å². The molecule has 2 atom stereocenters. The van der Waals surface area contributed by atoms with E-state index in [0.717, 1.165) is 0 Å². The third-order valence-corrected chi connectivity index (χ3v) is 0.888. The quantitative estimate of drug-likeness (QED) is 0.390. The van der Waals surface area contributed by atoms with Crippen molar-refractivity contribution in [2.45, 2.75) is 18.3 Å². The van der Waals surface area contributed by atoms with Gasteiger partial charge >= 0.3 is 0 Å². The van der Waals surface area contributed by atoms with E-state index in [-0.39, 0.29) is 6.42 Å². The van der Waals surface area contributed by atoms with Crippen LogP contribution in [0.1, 0.15) is 6.42 Å². The molecule has 1 saturated carbocycles. The molecule has 0 saturated heterocycles. The summed E-state index contributed by atoms with van der Waals surface area (Å²) in [6.45, 7) is 0. The van der Waals surface area contributed by atoms with E-state index in [1.54, 1.807) is 0 Å². The van der Waals surface area contributed by atoms with Gasteiger partial charge in [0.2, 0.25) is 0 Å². The van der Waals surface area contributed by atoms with E-state index in [9.17, 15) is 4.39 Å². The number of aliphatic hydroxyl groups is 1. The summed E-state index contributed by atoms with van der Waals surface area (Å²) in [7, 11) is 0. The first kappa shape index (κ1) is 4.02. The lowest BCUT2D eigenvalue weighted by Gasteiger charge is -1.90. The molecule has 0 aromatic carbocycles. The predicted octanol–water partition coefficient (Wildman–Crippen LogP) is -0.625. The standard InChI is InChI=1S/C3H6FNO/c4-2-1-3(2,5)6/h2,6H,1,5H2. The molecule has 1 fully saturated rings. The van der Waals surface area contributed by atoms with Gasteiger partial charge < -0.3 is 10.8 Å². The van der Waals surface area contributed by atoms with E-state index in [1.807, 2.05) is 0 Å². The first-order valence-electron chi connectivity index (χ1n) is 1.78. The minimum absolute atomic E-state index is 0.104. The summed E-state index contributed by atoms with van der Waals surface area (Å²) in [6, 6.07) is 0. The maximum absolute atomic E-state index is 11.5. The molecule has 6 heavy (non-hydrogen) atoms. The summed E-state index contributed by atoms with van der Waals surface area (Å²) >= 11 is 0. The van der Waals surface area contributed by atoms with Crippen molar-refractivity contribution in [1.82, 2.24) is 0 Å². The van der Waals surface area contributed by atoms with Crippen LogP contribution < -0.4 is 5.73 Å². The normalized spacial score (nSPS) is 55.5. The lowest BCUT2D eigenvalue weighted by molar-refractivity contribution is 0.126. The van der Waals surface area contributed by atoms with Gasteiger partial charge in [-0.2, -0.15) is 0 Å². The summed E-state index contributed by atoms with van der Waals surface area (Å²) in [4.78, 5) is 0. The molecule has 0 radical (unpaired) electrons. The highest BCUT2D eigenvalue weighted by Crippen LogP contribution is 2.32. The lowest BCUT2D eigenvalue weighted by atomic mass is 10.7. The molecule has 0 aromatic rings. The van der Waals surface area contributed by atoms with E-state index in [4.69, 9.17) is 10.8 Å². The highest BCUT2D eigenvalue weighted by Gasteiger charge is 2.50. The molecule has 1 aliphatic rings. The smallest absolute Gasteiger partial charge is 0.148 e. The van der Waals surface area contributed by atoms with Gasteiger partial charge in [-0.1, -0.05) is 0 Å². The SMILES string of the molecule is NC1(O)CC1F. The van der Waals surface area contributed by atoms with Crippen LogP contribution in [-0.2, 0) is 0 Å². The largest absolute Gasteiger partial charge is 0.373 e. The van der Waals surface area contributed by atoms with Crippen molar-refractivity contribution in [3.05, 3.63) is 0 Å². The molecule has 0 aliphatic heterocycles. The predicted molar refractivity (Wildman–Crippen MR) is 18.7 cm³/mol. The second-order valence-electron chi connectivity index (χ2n) is 1.66. The zero-order chi connectivity index (χ0) is 4.78. The third kappa shape index (κ3) is 0.399. The number of hydrogen-bond acceptors (Lipinski definition) is 2. The number of hydrogen-bond donors (Lipinski definition) is 2. The Balaban J connectivity index is 2.41. The topological polar surface area (TPSA) is 46.2 Å². The van der Waals surface area contributed by atoms with Crippen LogP contribution in [0.4, 0.5) is 4.39 Å². The Kier molecular flexibility index (Phi) is 0.497. The van der Waals surface area contributed by atoms with E-state index < -0.39 is 11.9 Å². The van der Waals surface area contributed by atoms with Crippen molar-refractivity contribution in [2.24, 2.45) is 5.73 Å². The Hall–Kier alpha value is -0.150. The highest BCUT2D eigenvalue weighted by atomic mass is 19.1. The van der Waals surface area contributed by atoms with Gasteiger partial charge in [0.05, 0.1) is 0 Å². The lowest BCUT2D eigenvalue weighted by Crippen LogP contribution is -2.23. The van der Waals surface area contributed by atoms with Crippen molar-refractivity contribution in [2.75, 3.05) is 0 Å². The summed E-state index contributed by atoms with van der Waals surface area (Å²) in [5, 5.41) is 8.30. The Bertz CT molecular complexity index is 73.2. The minimum atomic E-state index is -1.46. The molecule has 2 nitrogen and oxygen atoms in total.